The smallest absolute Gasteiger partial charge is 0.0224 e. The summed E-state index contributed by atoms with van der Waals surface area (Å²) in [5.41, 5.74) is 0. The summed E-state index contributed by atoms with van der Waals surface area (Å²) in [6.07, 6.45) is 5.63. The van der Waals surface area contributed by atoms with Crippen LogP contribution in [0.15, 0.2) is 0 Å². The number of rotatable bonds is 0. The molecule has 1 aliphatic heterocycles. The summed E-state index contributed by atoms with van der Waals surface area (Å²) in [4.78, 5) is 0. The van der Waals surface area contributed by atoms with Crippen molar-refractivity contribution in [3.63, 3.8) is 0 Å². The molecule has 1 saturated carbocycles. The first-order chi connectivity index (χ1) is 3.97. The highest BCUT2D eigenvalue weighted by atomic mass is 14.9. The van der Waals surface area contributed by atoms with E-state index in [1.54, 1.807) is 0 Å². The summed E-state index contributed by atoms with van der Waals surface area (Å²) < 4.78 is 0. The number of nitrogens with one attached hydrogen (secondary N) is 1. The Morgan fingerprint density at radius 2 is 2.25 bits per heavy atom. The molecule has 1 radical (unpaired) electrons. The fourth-order valence-corrected chi connectivity index (χ4v) is 1.67. The van der Waals surface area contributed by atoms with Gasteiger partial charge in [-0.1, -0.05) is 0 Å². The molecular weight excluding hydrogens is 98.1 g/mol. The zero-order valence-electron chi connectivity index (χ0n) is 5.06. The quantitative estimate of drug-likeness (QED) is 0.495. The molecule has 45 valence electrons. The molecule has 0 aromatic rings. The molecule has 0 bridgehead atoms. The zero-order chi connectivity index (χ0) is 5.40. The van der Waals surface area contributed by atoms with Crippen LogP contribution in [0.5, 0.6) is 0 Å². The van der Waals surface area contributed by atoms with Crippen LogP contribution >= 0.6 is 0 Å². The molecule has 1 heterocycles. The van der Waals surface area contributed by atoms with Crippen molar-refractivity contribution < 1.29 is 0 Å². The van der Waals surface area contributed by atoms with Gasteiger partial charge in [0.1, 0.15) is 0 Å². The van der Waals surface area contributed by atoms with Crippen LogP contribution in [0.2, 0.25) is 0 Å². The average molecular weight is 110 g/mol. The van der Waals surface area contributed by atoms with Gasteiger partial charge in [-0.2, -0.15) is 0 Å². The Labute approximate surface area is 50.5 Å². The van der Waals surface area contributed by atoms with Gasteiger partial charge in [-0.05, 0) is 31.6 Å². The van der Waals surface area contributed by atoms with Crippen molar-refractivity contribution in [2.45, 2.75) is 31.7 Å². The van der Waals surface area contributed by atoms with E-state index in [9.17, 15) is 0 Å². The molecule has 1 aliphatic carbocycles. The molecule has 0 aromatic carbocycles. The second-order valence-corrected chi connectivity index (χ2v) is 2.89. The van der Waals surface area contributed by atoms with Crippen LogP contribution in [0, 0.1) is 12.5 Å². The molecule has 1 nitrogen and oxygen atoms in total. The minimum atomic E-state index is 0.878. The molecule has 2 rings (SSSR count). The van der Waals surface area contributed by atoms with Gasteiger partial charge in [0.25, 0.3) is 0 Å². The van der Waals surface area contributed by atoms with Crippen LogP contribution in [0.25, 0.3) is 0 Å². The van der Waals surface area contributed by atoms with Crippen LogP contribution in [0.3, 0.4) is 0 Å². The van der Waals surface area contributed by atoms with Crippen molar-refractivity contribution in [1.82, 2.24) is 5.32 Å². The molecule has 2 unspecified atom stereocenters. The number of fused-ring (bicyclic) bond motifs is 1. The van der Waals surface area contributed by atoms with E-state index < -0.39 is 0 Å². The van der Waals surface area contributed by atoms with Gasteiger partial charge in [0, 0.05) is 12.6 Å². The molecule has 0 aromatic heterocycles. The molecule has 0 spiro atoms. The van der Waals surface area contributed by atoms with Crippen LogP contribution in [0.4, 0.5) is 0 Å². The van der Waals surface area contributed by atoms with E-state index in [1.807, 2.05) is 0 Å². The van der Waals surface area contributed by atoms with Gasteiger partial charge in [-0.15, -0.1) is 0 Å². The lowest BCUT2D eigenvalue weighted by atomic mass is 9.75. The Morgan fingerprint density at radius 1 is 1.25 bits per heavy atom. The Hall–Kier alpha value is -0.0400. The van der Waals surface area contributed by atoms with Gasteiger partial charge in [0.2, 0.25) is 0 Å². The summed E-state index contributed by atoms with van der Waals surface area (Å²) >= 11 is 0. The van der Waals surface area contributed by atoms with E-state index in [2.05, 4.69) is 11.9 Å². The SMILES string of the molecule is [CH]1CCC2CCC2N1. The van der Waals surface area contributed by atoms with Crippen molar-refractivity contribution >= 4 is 0 Å². The minimum Gasteiger partial charge on any atom is -0.309 e. The summed E-state index contributed by atoms with van der Waals surface area (Å²) in [5, 5.41) is 3.39. The molecule has 8 heavy (non-hydrogen) atoms. The molecule has 2 fully saturated rings. The maximum Gasteiger partial charge on any atom is 0.0224 e. The van der Waals surface area contributed by atoms with E-state index in [4.69, 9.17) is 0 Å². The van der Waals surface area contributed by atoms with Crippen LogP contribution < -0.4 is 5.32 Å². The molecule has 2 aliphatic rings. The normalized spacial score (nSPS) is 45.0. The van der Waals surface area contributed by atoms with Crippen molar-refractivity contribution in [3.8, 4) is 0 Å². The van der Waals surface area contributed by atoms with E-state index in [1.165, 1.54) is 25.7 Å². The predicted molar refractivity (Wildman–Crippen MR) is 33.2 cm³/mol. The average Bonchev–Trinajstić information content (AvgIpc) is 1.72. The van der Waals surface area contributed by atoms with Gasteiger partial charge in [0.05, 0.1) is 0 Å². The summed E-state index contributed by atoms with van der Waals surface area (Å²) in [5.74, 6) is 1.04. The fourth-order valence-electron chi connectivity index (χ4n) is 1.67. The van der Waals surface area contributed by atoms with E-state index in [0.717, 1.165) is 12.0 Å². The number of hydrogen-bond donors (Lipinski definition) is 1. The Bertz CT molecular complexity index is 78.4. The molecular formula is C7H12N. The van der Waals surface area contributed by atoms with Crippen molar-refractivity contribution in [2.75, 3.05) is 0 Å². The van der Waals surface area contributed by atoms with Crippen LogP contribution in [-0.4, -0.2) is 6.04 Å². The monoisotopic (exact) mass is 110 g/mol. The van der Waals surface area contributed by atoms with Gasteiger partial charge in [-0.25, -0.2) is 0 Å². The molecule has 0 amide bonds. The number of hydrogen-bond acceptors (Lipinski definition) is 1. The van der Waals surface area contributed by atoms with Crippen LogP contribution in [-0.2, 0) is 0 Å². The van der Waals surface area contributed by atoms with E-state index in [0.29, 0.717) is 0 Å². The minimum absolute atomic E-state index is 0.878. The van der Waals surface area contributed by atoms with Crippen LogP contribution in [0.1, 0.15) is 25.7 Å². The highest BCUT2D eigenvalue weighted by Gasteiger charge is 2.32. The van der Waals surface area contributed by atoms with Crippen molar-refractivity contribution in [3.05, 3.63) is 6.54 Å². The molecule has 2 atom stereocenters. The lowest BCUT2D eigenvalue weighted by Crippen LogP contribution is -2.45. The second kappa shape index (κ2) is 1.73. The van der Waals surface area contributed by atoms with Crippen molar-refractivity contribution in [1.29, 1.82) is 0 Å². The maximum atomic E-state index is 3.39. The van der Waals surface area contributed by atoms with Crippen molar-refractivity contribution in [2.24, 2.45) is 5.92 Å². The largest absolute Gasteiger partial charge is 0.309 e. The Kier molecular flexibility index (Phi) is 1.04. The Morgan fingerprint density at radius 3 is 2.62 bits per heavy atom. The van der Waals surface area contributed by atoms with Gasteiger partial charge in [-0.3, -0.25) is 0 Å². The van der Waals surface area contributed by atoms with E-state index >= 15 is 0 Å². The lowest BCUT2D eigenvalue weighted by Gasteiger charge is -2.40. The number of piperidine rings is 1. The highest BCUT2D eigenvalue weighted by Crippen LogP contribution is 2.34. The third-order valence-corrected chi connectivity index (χ3v) is 2.43. The third kappa shape index (κ3) is 0.576. The Balaban J connectivity index is 1.92. The summed E-state index contributed by atoms with van der Waals surface area (Å²) in [7, 11) is 0. The first-order valence-electron chi connectivity index (χ1n) is 3.54. The highest BCUT2D eigenvalue weighted by molar-refractivity contribution is 4.93. The summed E-state index contributed by atoms with van der Waals surface area (Å²) in [6, 6.07) is 0.878. The molecule has 1 saturated heterocycles. The first kappa shape index (κ1) is 4.80. The van der Waals surface area contributed by atoms with Gasteiger partial charge < -0.3 is 5.32 Å². The zero-order valence-corrected chi connectivity index (χ0v) is 5.06. The maximum absolute atomic E-state index is 3.39. The fraction of sp³-hybridized carbons (Fsp3) is 0.857. The molecule has 1 N–H and O–H groups in total. The molecule has 1 heteroatoms. The van der Waals surface area contributed by atoms with Gasteiger partial charge >= 0.3 is 0 Å². The standard InChI is InChI=1S/C7H12N/c1-2-6-3-4-7(6)8-5-1/h5-8H,1-4H2. The summed E-state index contributed by atoms with van der Waals surface area (Å²) in [6.45, 7) is 2.22. The lowest BCUT2D eigenvalue weighted by molar-refractivity contribution is 0.179. The van der Waals surface area contributed by atoms with E-state index in [-0.39, 0.29) is 0 Å². The third-order valence-electron chi connectivity index (χ3n) is 2.43. The van der Waals surface area contributed by atoms with Gasteiger partial charge in [0.15, 0.2) is 0 Å². The first-order valence-corrected chi connectivity index (χ1v) is 3.54. The predicted octanol–water partition coefficient (Wildman–Crippen LogP) is 1.31. The topological polar surface area (TPSA) is 12.0 Å². The second-order valence-electron chi connectivity index (χ2n) is 2.89.